The van der Waals surface area contributed by atoms with E-state index in [1.54, 1.807) is 60.7 Å². The smallest absolute Gasteiger partial charge is 0.309 e. The number of benzene rings is 2. The Kier molecular flexibility index (Phi) is 7.47. The Bertz CT molecular complexity index is 787. The van der Waals surface area contributed by atoms with E-state index in [1.165, 1.54) is 0 Å². The van der Waals surface area contributed by atoms with Crippen LogP contribution < -0.4 is 8.37 Å². The van der Waals surface area contributed by atoms with Crippen molar-refractivity contribution in [1.29, 1.82) is 0 Å². The van der Waals surface area contributed by atoms with E-state index < -0.39 is 20.2 Å². The molecule has 0 saturated heterocycles. The maximum absolute atomic E-state index is 11.9. The third-order valence-corrected chi connectivity index (χ3v) is 5.94. The van der Waals surface area contributed by atoms with Crippen LogP contribution in [0.15, 0.2) is 60.7 Å². The minimum Gasteiger partial charge on any atom is -0.382 e. The monoisotopic (exact) mass is 398 g/mol. The Morgan fingerprint density at radius 1 is 0.538 bits per heavy atom. The molecule has 0 aliphatic rings. The van der Waals surface area contributed by atoms with Crippen LogP contribution >= 0.6 is 0 Å². The standard InChI is InChI=1S/C18H22O6S2/c19-25(20,23-17-11-5-3-6-12-17)15-9-1-2-10-16-26(21,22)24-18-13-7-4-8-14-18/h3-8,11-14H,1-2,9-10,15-16H2. The van der Waals surface area contributed by atoms with Crippen molar-refractivity contribution in [2.24, 2.45) is 0 Å². The van der Waals surface area contributed by atoms with Crippen molar-refractivity contribution in [2.45, 2.75) is 25.7 Å². The van der Waals surface area contributed by atoms with E-state index in [2.05, 4.69) is 0 Å². The molecule has 2 rings (SSSR count). The van der Waals surface area contributed by atoms with Gasteiger partial charge >= 0.3 is 20.2 Å². The Hall–Kier alpha value is -2.06. The molecule has 8 heteroatoms. The van der Waals surface area contributed by atoms with Gasteiger partial charge in [-0.05, 0) is 37.1 Å². The Morgan fingerprint density at radius 2 is 0.885 bits per heavy atom. The molecule has 0 spiro atoms. The Balaban J connectivity index is 1.64. The first kappa shape index (κ1) is 20.3. The zero-order valence-corrected chi connectivity index (χ0v) is 15.9. The van der Waals surface area contributed by atoms with Crippen molar-refractivity contribution in [2.75, 3.05) is 11.5 Å². The lowest BCUT2D eigenvalue weighted by molar-refractivity contribution is 0.477. The molecule has 0 unspecified atom stereocenters. The molecule has 0 bridgehead atoms. The maximum atomic E-state index is 11.9. The highest BCUT2D eigenvalue weighted by Crippen LogP contribution is 2.15. The second kappa shape index (κ2) is 9.59. The highest BCUT2D eigenvalue weighted by Gasteiger charge is 2.14. The van der Waals surface area contributed by atoms with Crippen molar-refractivity contribution in [3.63, 3.8) is 0 Å². The summed E-state index contributed by atoms with van der Waals surface area (Å²) in [7, 11) is -7.27. The molecule has 0 aromatic heterocycles. The topological polar surface area (TPSA) is 86.7 Å². The average molecular weight is 399 g/mol. The molecule has 0 amide bonds. The van der Waals surface area contributed by atoms with Gasteiger partial charge in [0.2, 0.25) is 0 Å². The van der Waals surface area contributed by atoms with E-state index in [4.69, 9.17) is 8.37 Å². The molecule has 26 heavy (non-hydrogen) atoms. The lowest BCUT2D eigenvalue weighted by Gasteiger charge is -2.08. The van der Waals surface area contributed by atoms with E-state index >= 15 is 0 Å². The van der Waals surface area contributed by atoms with Gasteiger partial charge in [0.15, 0.2) is 0 Å². The normalized spacial score (nSPS) is 11.8. The Morgan fingerprint density at radius 3 is 1.23 bits per heavy atom. The van der Waals surface area contributed by atoms with Gasteiger partial charge in [-0.3, -0.25) is 0 Å². The summed E-state index contributed by atoms with van der Waals surface area (Å²) in [6, 6.07) is 16.6. The fraction of sp³-hybridized carbons (Fsp3) is 0.333. The van der Waals surface area contributed by atoms with Gasteiger partial charge in [-0.2, -0.15) is 16.8 Å². The zero-order valence-electron chi connectivity index (χ0n) is 14.3. The molecule has 2 aromatic rings. The Labute approximate surface area is 155 Å². The SMILES string of the molecule is O=S(=O)(CCCCCCS(=O)(=O)Oc1ccccc1)Oc1ccccc1. The molecule has 0 atom stereocenters. The van der Waals surface area contributed by atoms with Crippen molar-refractivity contribution in [3.8, 4) is 11.5 Å². The quantitative estimate of drug-likeness (QED) is 0.426. The van der Waals surface area contributed by atoms with E-state index in [-0.39, 0.29) is 23.0 Å². The largest absolute Gasteiger partial charge is 0.382 e. The summed E-state index contributed by atoms with van der Waals surface area (Å²) in [4.78, 5) is 0. The first-order valence-electron chi connectivity index (χ1n) is 8.31. The van der Waals surface area contributed by atoms with Crippen LogP contribution in [-0.4, -0.2) is 28.3 Å². The van der Waals surface area contributed by atoms with Crippen LogP contribution in [0.1, 0.15) is 25.7 Å². The second-order valence-electron chi connectivity index (χ2n) is 5.73. The molecule has 0 fully saturated rings. The molecular weight excluding hydrogens is 376 g/mol. The number of rotatable bonds is 11. The van der Waals surface area contributed by atoms with Gasteiger partial charge in [0.05, 0.1) is 11.5 Å². The summed E-state index contributed by atoms with van der Waals surface area (Å²) in [5.74, 6) is 0.373. The predicted octanol–water partition coefficient (Wildman–Crippen LogP) is 3.36. The van der Waals surface area contributed by atoms with Gasteiger partial charge in [0.25, 0.3) is 0 Å². The van der Waals surface area contributed by atoms with Crippen LogP contribution in [0.4, 0.5) is 0 Å². The van der Waals surface area contributed by atoms with Gasteiger partial charge in [0.1, 0.15) is 11.5 Å². The van der Waals surface area contributed by atoms with Crippen LogP contribution in [-0.2, 0) is 20.2 Å². The minimum absolute atomic E-state index is 0.102. The van der Waals surface area contributed by atoms with Gasteiger partial charge < -0.3 is 8.37 Å². The average Bonchev–Trinajstić information content (AvgIpc) is 2.59. The molecule has 2 aromatic carbocycles. The molecular formula is C18H22O6S2. The molecule has 0 saturated carbocycles. The molecule has 6 nitrogen and oxygen atoms in total. The van der Waals surface area contributed by atoms with Gasteiger partial charge in [-0.15, -0.1) is 0 Å². The van der Waals surface area contributed by atoms with E-state index in [0.717, 1.165) is 0 Å². The van der Waals surface area contributed by atoms with Gasteiger partial charge in [-0.25, -0.2) is 0 Å². The first-order valence-corrected chi connectivity index (χ1v) is 11.5. The van der Waals surface area contributed by atoms with Crippen molar-refractivity contribution >= 4 is 20.2 Å². The van der Waals surface area contributed by atoms with Crippen LogP contribution in [0.3, 0.4) is 0 Å². The lowest BCUT2D eigenvalue weighted by atomic mass is 10.2. The van der Waals surface area contributed by atoms with Crippen LogP contribution in [0.2, 0.25) is 0 Å². The van der Waals surface area contributed by atoms with Crippen LogP contribution in [0.25, 0.3) is 0 Å². The van der Waals surface area contributed by atoms with Crippen molar-refractivity contribution in [3.05, 3.63) is 60.7 Å². The number of hydrogen-bond donors (Lipinski definition) is 0. The maximum Gasteiger partial charge on any atom is 0.309 e. The van der Waals surface area contributed by atoms with E-state index in [1.807, 2.05) is 0 Å². The predicted molar refractivity (Wildman–Crippen MR) is 100 cm³/mol. The molecule has 0 aliphatic heterocycles. The number of para-hydroxylation sites is 2. The second-order valence-corrected chi connectivity index (χ2v) is 9.11. The summed E-state index contributed by atoms with van der Waals surface area (Å²) in [5, 5.41) is 0. The summed E-state index contributed by atoms with van der Waals surface area (Å²) < 4.78 is 57.4. The molecule has 0 N–H and O–H groups in total. The fourth-order valence-electron chi connectivity index (χ4n) is 2.24. The van der Waals surface area contributed by atoms with Crippen molar-refractivity contribution in [1.82, 2.24) is 0 Å². The number of hydrogen-bond acceptors (Lipinski definition) is 6. The minimum atomic E-state index is -3.63. The highest BCUT2D eigenvalue weighted by molar-refractivity contribution is 7.87. The zero-order chi connectivity index (χ0) is 18.9. The van der Waals surface area contributed by atoms with Crippen LogP contribution in [0, 0.1) is 0 Å². The molecule has 142 valence electrons. The van der Waals surface area contributed by atoms with Crippen LogP contribution in [0.5, 0.6) is 11.5 Å². The molecule has 0 heterocycles. The molecule has 0 radical (unpaired) electrons. The highest BCUT2D eigenvalue weighted by atomic mass is 32.2. The molecule has 0 aliphatic carbocycles. The number of unbranched alkanes of at least 4 members (excludes halogenated alkanes) is 3. The third-order valence-electron chi connectivity index (χ3n) is 3.47. The summed E-state index contributed by atoms with van der Waals surface area (Å²) >= 11 is 0. The lowest BCUT2D eigenvalue weighted by Crippen LogP contribution is -2.15. The van der Waals surface area contributed by atoms with Crippen molar-refractivity contribution < 1.29 is 25.2 Å². The first-order chi connectivity index (χ1) is 12.4. The summed E-state index contributed by atoms with van der Waals surface area (Å²) in [6.45, 7) is 0. The third kappa shape index (κ3) is 7.88. The van der Waals surface area contributed by atoms with E-state index in [9.17, 15) is 16.8 Å². The van der Waals surface area contributed by atoms with Gasteiger partial charge in [0, 0.05) is 0 Å². The fourth-order valence-corrected chi connectivity index (χ4v) is 4.33. The van der Waals surface area contributed by atoms with Gasteiger partial charge in [-0.1, -0.05) is 49.2 Å². The summed E-state index contributed by atoms with van der Waals surface area (Å²) in [6.07, 6.45) is 2.01. The summed E-state index contributed by atoms with van der Waals surface area (Å²) in [5.41, 5.74) is 0. The van der Waals surface area contributed by atoms with E-state index in [0.29, 0.717) is 25.7 Å².